The van der Waals surface area contributed by atoms with Crippen LogP contribution in [0.3, 0.4) is 0 Å². The Kier molecular flexibility index (Phi) is 3.31. The molecule has 16 heavy (non-hydrogen) atoms. The standard InChI is InChI=1S/C11H10ClNO3/c1-14-9-4-2-3-5-10(9)16-11-13-8(6-12)7-15-11/h2-5,7H,6H2,1H3. The van der Waals surface area contributed by atoms with Gasteiger partial charge >= 0.3 is 6.08 Å². The topological polar surface area (TPSA) is 44.5 Å². The van der Waals surface area contributed by atoms with E-state index in [4.69, 9.17) is 25.5 Å². The van der Waals surface area contributed by atoms with Crippen molar-refractivity contribution in [2.45, 2.75) is 5.88 Å². The molecule has 0 fully saturated rings. The zero-order valence-corrected chi connectivity index (χ0v) is 9.40. The normalized spacial score (nSPS) is 10.1. The van der Waals surface area contributed by atoms with Crippen molar-refractivity contribution in [1.29, 1.82) is 0 Å². The number of ether oxygens (including phenoxy) is 2. The Bertz CT molecular complexity index is 470. The van der Waals surface area contributed by atoms with Crippen molar-refractivity contribution >= 4 is 11.6 Å². The number of rotatable bonds is 4. The Morgan fingerprint density at radius 3 is 2.69 bits per heavy atom. The van der Waals surface area contributed by atoms with E-state index in [1.165, 1.54) is 6.26 Å². The van der Waals surface area contributed by atoms with Crippen LogP contribution >= 0.6 is 11.6 Å². The summed E-state index contributed by atoms with van der Waals surface area (Å²) in [5.41, 5.74) is 0.631. The average Bonchev–Trinajstić information content (AvgIpc) is 2.77. The van der Waals surface area contributed by atoms with E-state index in [9.17, 15) is 0 Å². The van der Waals surface area contributed by atoms with Gasteiger partial charge < -0.3 is 13.9 Å². The predicted octanol–water partition coefficient (Wildman–Crippen LogP) is 3.21. The number of nitrogens with zero attached hydrogens (tertiary/aromatic N) is 1. The minimum atomic E-state index is 0.153. The van der Waals surface area contributed by atoms with Gasteiger partial charge in [-0.2, -0.15) is 4.98 Å². The molecule has 0 amide bonds. The number of para-hydroxylation sites is 2. The Balaban J connectivity index is 2.19. The van der Waals surface area contributed by atoms with Crippen molar-refractivity contribution in [3.05, 3.63) is 36.2 Å². The van der Waals surface area contributed by atoms with E-state index < -0.39 is 0 Å². The number of oxazole rings is 1. The summed E-state index contributed by atoms with van der Waals surface area (Å²) in [5, 5.41) is 0. The van der Waals surface area contributed by atoms with Crippen LogP contribution in [0.15, 0.2) is 34.9 Å². The summed E-state index contributed by atoms with van der Waals surface area (Å²) >= 11 is 5.60. The van der Waals surface area contributed by atoms with Gasteiger partial charge in [-0.1, -0.05) is 12.1 Å². The van der Waals surface area contributed by atoms with Gasteiger partial charge in [0, 0.05) is 0 Å². The maximum atomic E-state index is 5.60. The molecule has 0 spiro atoms. The molecule has 84 valence electrons. The van der Waals surface area contributed by atoms with Gasteiger partial charge in [-0.15, -0.1) is 11.6 Å². The number of halogens is 1. The third kappa shape index (κ3) is 2.28. The lowest BCUT2D eigenvalue weighted by atomic mass is 10.3. The largest absolute Gasteiger partial charge is 0.493 e. The third-order valence-electron chi connectivity index (χ3n) is 1.93. The molecule has 0 atom stereocenters. The molecule has 0 aliphatic rings. The molecule has 0 bridgehead atoms. The highest BCUT2D eigenvalue weighted by molar-refractivity contribution is 6.16. The lowest BCUT2D eigenvalue weighted by molar-refractivity contribution is 0.310. The fourth-order valence-electron chi connectivity index (χ4n) is 1.19. The third-order valence-corrected chi connectivity index (χ3v) is 2.21. The lowest BCUT2D eigenvalue weighted by Gasteiger charge is -2.05. The molecule has 0 aliphatic heterocycles. The van der Waals surface area contributed by atoms with Crippen LogP contribution in [-0.4, -0.2) is 12.1 Å². The maximum absolute atomic E-state index is 5.60. The van der Waals surface area contributed by atoms with Gasteiger partial charge in [-0.25, -0.2) is 0 Å². The van der Waals surface area contributed by atoms with E-state index in [0.717, 1.165) is 0 Å². The highest BCUT2D eigenvalue weighted by atomic mass is 35.5. The SMILES string of the molecule is COc1ccccc1Oc1nc(CCl)co1. The highest BCUT2D eigenvalue weighted by Crippen LogP contribution is 2.30. The van der Waals surface area contributed by atoms with Gasteiger partial charge in [0.05, 0.1) is 18.7 Å². The Morgan fingerprint density at radius 2 is 2.06 bits per heavy atom. The number of benzene rings is 1. The molecule has 2 aromatic rings. The number of hydrogen-bond acceptors (Lipinski definition) is 4. The van der Waals surface area contributed by atoms with E-state index in [-0.39, 0.29) is 6.08 Å². The summed E-state index contributed by atoms with van der Waals surface area (Å²) in [6.45, 7) is 0. The number of hydrogen-bond donors (Lipinski definition) is 0. The van der Waals surface area contributed by atoms with Gasteiger partial charge in [0.15, 0.2) is 11.5 Å². The second-order valence-corrected chi connectivity index (χ2v) is 3.26. The minimum Gasteiger partial charge on any atom is -0.493 e. The van der Waals surface area contributed by atoms with Gasteiger partial charge in [-0.3, -0.25) is 0 Å². The van der Waals surface area contributed by atoms with Crippen LogP contribution in [0.4, 0.5) is 0 Å². The number of alkyl halides is 1. The lowest BCUT2D eigenvalue weighted by Crippen LogP contribution is -1.90. The first-order valence-electron chi connectivity index (χ1n) is 4.64. The fourth-order valence-corrected chi connectivity index (χ4v) is 1.32. The van der Waals surface area contributed by atoms with E-state index in [1.54, 1.807) is 19.2 Å². The van der Waals surface area contributed by atoms with E-state index in [2.05, 4.69) is 4.98 Å². The summed E-state index contributed by atoms with van der Waals surface area (Å²) in [4.78, 5) is 4.02. The van der Waals surface area contributed by atoms with Gasteiger partial charge in [0.2, 0.25) is 0 Å². The van der Waals surface area contributed by atoms with Crippen molar-refractivity contribution in [3.8, 4) is 17.6 Å². The zero-order chi connectivity index (χ0) is 11.4. The first-order chi connectivity index (χ1) is 7.83. The van der Waals surface area contributed by atoms with Crippen LogP contribution in [0, 0.1) is 0 Å². The molecule has 0 radical (unpaired) electrons. The minimum absolute atomic E-state index is 0.153. The molecular formula is C11H10ClNO3. The smallest absolute Gasteiger partial charge is 0.399 e. The molecule has 0 aliphatic carbocycles. The van der Waals surface area contributed by atoms with Crippen LogP contribution in [0.1, 0.15) is 5.69 Å². The van der Waals surface area contributed by atoms with Crippen LogP contribution < -0.4 is 9.47 Å². The van der Waals surface area contributed by atoms with Crippen molar-refractivity contribution in [3.63, 3.8) is 0 Å². The quantitative estimate of drug-likeness (QED) is 0.769. The first kappa shape index (κ1) is 10.8. The van der Waals surface area contributed by atoms with E-state index >= 15 is 0 Å². The second-order valence-electron chi connectivity index (χ2n) is 2.99. The van der Waals surface area contributed by atoms with Crippen LogP contribution in [0.25, 0.3) is 0 Å². The van der Waals surface area contributed by atoms with Crippen LogP contribution in [0.2, 0.25) is 0 Å². The zero-order valence-electron chi connectivity index (χ0n) is 8.64. The summed E-state index contributed by atoms with van der Waals surface area (Å²) < 4.78 is 15.6. The first-order valence-corrected chi connectivity index (χ1v) is 5.18. The molecular weight excluding hydrogens is 230 g/mol. The van der Waals surface area contributed by atoms with Crippen molar-refractivity contribution in [1.82, 2.24) is 4.98 Å². The van der Waals surface area contributed by atoms with Gasteiger partial charge in [-0.05, 0) is 12.1 Å². The molecule has 0 unspecified atom stereocenters. The summed E-state index contributed by atoms with van der Waals surface area (Å²) in [5.74, 6) is 1.46. The van der Waals surface area contributed by atoms with E-state index in [0.29, 0.717) is 23.1 Å². The highest BCUT2D eigenvalue weighted by Gasteiger charge is 2.09. The summed E-state index contributed by atoms with van der Waals surface area (Å²) in [7, 11) is 1.57. The molecule has 4 nitrogen and oxygen atoms in total. The van der Waals surface area contributed by atoms with Crippen LogP contribution in [0.5, 0.6) is 17.6 Å². The Labute approximate surface area is 97.8 Å². The maximum Gasteiger partial charge on any atom is 0.399 e. The molecule has 0 N–H and O–H groups in total. The van der Waals surface area contributed by atoms with E-state index in [1.807, 2.05) is 12.1 Å². The van der Waals surface area contributed by atoms with Crippen molar-refractivity contribution in [2.24, 2.45) is 0 Å². The molecule has 1 aromatic heterocycles. The second kappa shape index (κ2) is 4.90. The average molecular weight is 240 g/mol. The summed E-state index contributed by atoms with van der Waals surface area (Å²) in [6, 6.07) is 7.25. The van der Waals surface area contributed by atoms with Gasteiger partial charge in [0.25, 0.3) is 0 Å². The number of methoxy groups -OCH3 is 1. The summed E-state index contributed by atoms with van der Waals surface area (Å²) in [6.07, 6.45) is 1.61. The predicted molar refractivity (Wildman–Crippen MR) is 59.1 cm³/mol. The van der Waals surface area contributed by atoms with Crippen molar-refractivity contribution < 1.29 is 13.9 Å². The fraction of sp³-hybridized carbons (Fsp3) is 0.182. The Hall–Kier alpha value is -1.68. The monoisotopic (exact) mass is 239 g/mol. The van der Waals surface area contributed by atoms with Crippen molar-refractivity contribution in [2.75, 3.05) is 7.11 Å². The molecule has 1 heterocycles. The van der Waals surface area contributed by atoms with Gasteiger partial charge in [0.1, 0.15) is 6.26 Å². The molecule has 1 aromatic carbocycles. The molecule has 0 saturated carbocycles. The molecule has 5 heteroatoms. The molecule has 2 rings (SSSR count). The van der Waals surface area contributed by atoms with Crippen LogP contribution in [-0.2, 0) is 5.88 Å². The Morgan fingerprint density at radius 1 is 1.31 bits per heavy atom. The molecule has 0 saturated heterocycles. The number of aromatic nitrogens is 1.